The molecule has 0 aromatic heterocycles. The summed E-state index contributed by atoms with van der Waals surface area (Å²) in [6.45, 7) is 0.339. The molecule has 20 heavy (non-hydrogen) atoms. The van der Waals surface area contributed by atoms with E-state index < -0.39 is 15.8 Å². The number of sulfone groups is 1. The average Bonchev–Trinajstić information content (AvgIpc) is 2.79. The van der Waals surface area contributed by atoms with Crippen LogP contribution in [0.3, 0.4) is 0 Å². The Labute approximate surface area is 117 Å². The molecule has 0 N–H and O–H groups in total. The molecule has 5 nitrogen and oxygen atoms in total. The van der Waals surface area contributed by atoms with E-state index in [1.165, 1.54) is 0 Å². The number of para-hydroxylation sites is 1. The lowest BCUT2D eigenvalue weighted by molar-refractivity contribution is -0.121. The summed E-state index contributed by atoms with van der Waals surface area (Å²) in [6, 6.07) is 7.00. The van der Waals surface area contributed by atoms with Crippen LogP contribution in [0.4, 0.5) is 5.69 Å². The van der Waals surface area contributed by atoms with Gasteiger partial charge in [0.2, 0.25) is 5.91 Å². The summed E-state index contributed by atoms with van der Waals surface area (Å²) in [5.74, 6) is -0.605. The Morgan fingerprint density at radius 1 is 1.25 bits per heavy atom. The van der Waals surface area contributed by atoms with Gasteiger partial charge >= 0.3 is 0 Å². The van der Waals surface area contributed by atoms with Crippen molar-refractivity contribution < 1.29 is 18.0 Å². The van der Waals surface area contributed by atoms with E-state index >= 15 is 0 Å². The second-order valence-corrected chi connectivity index (χ2v) is 7.51. The van der Waals surface area contributed by atoms with Gasteiger partial charge in [0.15, 0.2) is 15.6 Å². The van der Waals surface area contributed by atoms with Crippen LogP contribution in [0.1, 0.15) is 23.2 Å². The average molecular weight is 293 g/mol. The first-order chi connectivity index (χ1) is 9.48. The van der Waals surface area contributed by atoms with Crippen LogP contribution in [-0.4, -0.2) is 38.2 Å². The normalized spacial score (nSPS) is 24.5. The highest BCUT2D eigenvalue weighted by molar-refractivity contribution is 7.91. The van der Waals surface area contributed by atoms with Crippen LogP contribution in [0.5, 0.6) is 0 Å². The smallest absolute Gasteiger partial charge is 0.231 e. The Bertz CT molecular complexity index is 680. The third kappa shape index (κ3) is 2.24. The van der Waals surface area contributed by atoms with Gasteiger partial charge in [0.25, 0.3) is 0 Å². The topological polar surface area (TPSA) is 71.5 Å². The lowest BCUT2D eigenvalue weighted by Gasteiger charge is -2.30. The maximum atomic E-state index is 12.5. The molecule has 0 radical (unpaired) electrons. The zero-order valence-corrected chi connectivity index (χ0v) is 11.7. The Balaban J connectivity index is 1.90. The van der Waals surface area contributed by atoms with E-state index in [0.29, 0.717) is 30.6 Å². The summed E-state index contributed by atoms with van der Waals surface area (Å²) in [5, 5.41) is 0. The highest BCUT2D eigenvalue weighted by Gasteiger charge is 2.37. The van der Waals surface area contributed by atoms with Gasteiger partial charge in [-0.25, -0.2) is 8.42 Å². The van der Waals surface area contributed by atoms with Crippen molar-refractivity contribution in [1.29, 1.82) is 0 Å². The number of amides is 1. The van der Waals surface area contributed by atoms with Gasteiger partial charge in [-0.2, -0.15) is 0 Å². The lowest BCUT2D eigenvalue weighted by atomic mass is 9.98. The summed E-state index contributed by atoms with van der Waals surface area (Å²) >= 11 is 0. The highest BCUT2D eigenvalue weighted by atomic mass is 32.2. The van der Waals surface area contributed by atoms with Crippen LogP contribution in [0.25, 0.3) is 0 Å². The fourth-order valence-corrected chi connectivity index (χ4v) is 4.58. The van der Waals surface area contributed by atoms with E-state index in [-0.39, 0.29) is 23.2 Å². The third-order valence-corrected chi connectivity index (χ3v) is 5.67. The van der Waals surface area contributed by atoms with Crippen LogP contribution in [0, 0.1) is 5.92 Å². The third-order valence-electron chi connectivity index (χ3n) is 3.91. The van der Waals surface area contributed by atoms with Gasteiger partial charge in [-0.3, -0.25) is 9.59 Å². The number of anilines is 1. The Morgan fingerprint density at radius 3 is 2.70 bits per heavy atom. The molecule has 0 bridgehead atoms. The SMILES string of the molecule is O=C1CCN(C(=O)C2CCS(=O)(=O)C2)c2ccccc21. The van der Waals surface area contributed by atoms with Crippen molar-refractivity contribution in [3.63, 3.8) is 0 Å². The van der Waals surface area contributed by atoms with E-state index in [1.807, 2.05) is 0 Å². The van der Waals surface area contributed by atoms with Crippen molar-refractivity contribution in [2.75, 3.05) is 23.0 Å². The maximum absolute atomic E-state index is 12.5. The summed E-state index contributed by atoms with van der Waals surface area (Å²) in [5.41, 5.74) is 1.16. The van der Waals surface area contributed by atoms with Gasteiger partial charge in [0.1, 0.15) is 0 Å². The van der Waals surface area contributed by atoms with E-state index in [1.54, 1.807) is 29.2 Å². The van der Waals surface area contributed by atoms with Crippen molar-refractivity contribution in [3.05, 3.63) is 29.8 Å². The molecule has 2 aliphatic heterocycles. The summed E-state index contributed by atoms with van der Waals surface area (Å²) in [7, 11) is -3.08. The minimum atomic E-state index is -3.08. The number of hydrogen-bond acceptors (Lipinski definition) is 4. The fraction of sp³-hybridized carbons (Fsp3) is 0.429. The molecule has 1 aromatic carbocycles. The lowest BCUT2D eigenvalue weighted by Crippen LogP contribution is -2.41. The molecule has 2 heterocycles. The highest BCUT2D eigenvalue weighted by Crippen LogP contribution is 2.30. The van der Waals surface area contributed by atoms with E-state index in [9.17, 15) is 18.0 Å². The first kappa shape index (κ1) is 13.3. The van der Waals surface area contributed by atoms with Gasteiger partial charge in [0, 0.05) is 18.5 Å². The number of benzene rings is 1. The largest absolute Gasteiger partial charge is 0.311 e. The number of nitrogens with zero attached hydrogens (tertiary/aromatic N) is 1. The van der Waals surface area contributed by atoms with Crippen LogP contribution < -0.4 is 4.90 Å². The molecular weight excluding hydrogens is 278 g/mol. The molecule has 1 aromatic rings. The van der Waals surface area contributed by atoms with Gasteiger partial charge < -0.3 is 4.90 Å². The molecule has 106 valence electrons. The van der Waals surface area contributed by atoms with Crippen molar-refractivity contribution >= 4 is 27.2 Å². The minimum absolute atomic E-state index is 0.0312. The van der Waals surface area contributed by atoms with Gasteiger partial charge in [-0.1, -0.05) is 12.1 Å². The van der Waals surface area contributed by atoms with Crippen molar-refractivity contribution in [3.8, 4) is 0 Å². The molecular formula is C14H15NO4S. The molecule has 0 saturated carbocycles. The van der Waals surface area contributed by atoms with Crippen molar-refractivity contribution in [1.82, 2.24) is 0 Å². The first-order valence-electron chi connectivity index (χ1n) is 6.62. The van der Waals surface area contributed by atoms with Gasteiger partial charge in [-0.15, -0.1) is 0 Å². The van der Waals surface area contributed by atoms with Crippen molar-refractivity contribution in [2.24, 2.45) is 5.92 Å². The molecule has 0 aliphatic carbocycles. The fourth-order valence-electron chi connectivity index (χ4n) is 2.85. The molecule has 1 saturated heterocycles. The Morgan fingerprint density at radius 2 is 2.00 bits per heavy atom. The number of fused-ring (bicyclic) bond motifs is 1. The molecule has 2 aliphatic rings. The summed E-state index contributed by atoms with van der Waals surface area (Å²) in [4.78, 5) is 25.9. The monoisotopic (exact) mass is 293 g/mol. The van der Waals surface area contributed by atoms with E-state index in [4.69, 9.17) is 0 Å². The van der Waals surface area contributed by atoms with Crippen LogP contribution in [0.2, 0.25) is 0 Å². The molecule has 1 amide bonds. The molecule has 1 fully saturated rings. The zero-order valence-electron chi connectivity index (χ0n) is 10.9. The van der Waals surface area contributed by atoms with Gasteiger partial charge in [-0.05, 0) is 18.6 Å². The second-order valence-electron chi connectivity index (χ2n) is 5.28. The van der Waals surface area contributed by atoms with Crippen LogP contribution in [-0.2, 0) is 14.6 Å². The predicted molar refractivity (Wildman–Crippen MR) is 74.5 cm³/mol. The minimum Gasteiger partial charge on any atom is -0.311 e. The quantitative estimate of drug-likeness (QED) is 0.775. The zero-order chi connectivity index (χ0) is 14.3. The number of Topliss-reactive ketones (excluding diaryl/α,β-unsaturated/α-hetero) is 1. The second kappa shape index (κ2) is 4.70. The number of hydrogen-bond donors (Lipinski definition) is 0. The molecule has 1 atom stereocenters. The van der Waals surface area contributed by atoms with Crippen molar-refractivity contribution in [2.45, 2.75) is 12.8 Å². The number of carbonyl (C=O) groups is 2. The Hall–Kier alpha value is -1.69. The molecule has 3 rings (SSSR count). The van der Waals surface area contributed by atoms with Crippen LogP contribution in [0.15, 0.2) is 24.3 Å². The van der Waals surface area contributed by atoms with Crippen LogP contribution >= 0.6 is 0 Å². The summed E-state index contributed by atoms with van der Waals surface area (Å²) < 4.78 is 23.0. The van der Waals surface area contributed by atoms with E-state index in [0.717, 1.165) is 0 Å². The summed E-state index contributed by atoms with van der Waals surface area (Å²) in [6.07, 6.45) is 0.677. The Kier molecular flexibility index (Phi) is 3.12. The van der Waals surface area contributed by atoms with Gasteiger partial charge in [0.05, 0.1) is 23.1 Å². The number of ketones is 1. The maximum Gasteiger partial charge on any atom is 0.231 e. The predicted octanol–water partition coefficient (Wildman–Crippen LogP) is 1.04. The molecule has 6 heteroatoms. The first-order valence-corrected chi connectivity index (χ1v) is 8.44. The molecule has 0 spiro atoms. The molecule has 1 unspecified atom stereocenters. The number of rotatable bonds is 1. The van der Waals surface area contributed by atoms with E-state index in [2.05, 4.69) is 0 Å². The number of carbonyl (C=O) groups excluding carboxylic acids is 2. The standard InChI is InChI=1S/C14H15NO4S/c16-13-5-7-15(12-4-2-1-3-11(12)13)14(17)10-6-8-20(18,19)9-10/h1-4,10H,5-9H2.